The number of carboxylic acids is 1. The number of hydrogen-bond donors (Lipinski definition) is 1. The molecule has 0 aliphatic carbocycles. The highest BCUT2D eigenvalue weighted by Crippen LogP contribution is 2.40. The average molecular weight is 309 g/mol. The van der Waals surface area contributed by atoms with Gasteiger partial charge >= 0.3 is 12.1 Å². The molecule has 3 rings (SSSR count). The maximum Gasteiger partial charge on any atom is 0.416 e. The molecule has 0 bridgehead atoms. The number of ether oxygens (including phenoxy) is 1. The smallest absolute Gasteiger partial charge is 0.416 e. The summed E-state index contributed by atoms with van der Waals surface area (Å²) in [5, 5.41) is 8.92. The van der Waals surface area contributed by atoms with Crippen LogP contribution in [-0.2, 0) is 12.6 Å². The summed E-state index contributed by atoms with van der Waals surface area (Å²) in [6.07, 6.45) is -3.32. The van der Waals surface area contributed by atoms with Crippen LogP contribution in [0.2, 0.25) is 0 Å². The highest BCUT2D eigenvalue weighted by atomic mass is 19.4. The number of halogens is 3. The molecule has 2 aromatic rings. The summed E-state index contributed by atoms with van der Waals surface area (Å²) in [7, 11) is 0. The lowest BCUT2D eigenvalue weighted by Crippen LogP contribution is -2.07. The minimum absolute atomic E-state index is 0.131. The minimum Gasteiger partial charge on any atom is -0.485 e. The van der Waals surface area contributed by atoms with E-state index in [-0.39, 0.29) is 12.1 Å². The highest BCUT2D eigenvalue weighted by molar-refractivity contribution is 5.85. The van der Waals surface area contributed by atoms with Gasteiger partial charge in [0.2, 0.25) is 0 Å². The van der Waals surface area contributed by atoms with Gasteiger partial charge in [-0.1, -0.05) is 0 Å². The molecule has 1 unspecified atom stereocenters. The minimum atomic E-state index is -4.40. The number of benzene rings is 1. The van der Waals surface area contributed by atoms with E-state index in [9.17, 15) is 18.0 Å². The molecule has 0 radical (unpaired) electrons. The van der Waals surface area contributed by atoms with Crippen molar-refractivity contribution in [2.24, 2.45) is 0 Å². The number of pyridine rings is 1. The van der Waals surface area contributed by atoms with Gasteiger partial charge in [-0.05, 0) is 41.5 Å². The SMILES string of the molecule is O=C(O)c1cc(C2Cc3cc(C(F)(F)F)ccc3O2)ccn1. The molecule has 0 saturated carbocycles. The quantitative estimate of drug-likeness (QED) is 0.922. The fourth-order valence-corrected chi connectivity index (χ4v) is 2.37. The van der Waals surface area contributed by atoms with Crippen LogP contribution in [0.4, 0.5) is 13.2 Å². The first-order chi connectivity index (χ1) is 10.3. The number of aromatic nitrogens is 1. The van der Waals surface area contributed by atoms with Gasteiger partial charge in [0.15, 0.2) is 0 Å². The predicted molar refractivity (Wildman–Crippen MR) is 69.7 cm³/mol. The Morgan fingerprint density at radius 3 is 2.73 bits per heavy atom. The van der Waals surface area contributed by atoms with E-state index in [1.54, 1.807) is 6.07 Å². The number of fused-ring (bicyclic) bond motifs is 1. The Kier molecular flexibility index (Phi) is 3.27. The zero-order valence-electron chi connectivity index (χ0n) is 11.1. The average Bonchev–Trinajstić information content (AvgIpc) is 2.89. The highest BCUT2D eigenvalue weighted by Gasteiger charge is 2.33. The molecule has 0 saturated heterocycles. The van der Waals surface area contributed by atoms with Crippen molar-refractivity contribution in [2.45, 2.75) is 18.7 Å². The van der Waals surface area contributed by atoms with Gasteiger partial charge in [-0.25, -0.2) is 9.78 Å². The first-order valence-corrected chi connectivity index (χ1v) is 6.40. The molecule has 1 aromatic carbocycles. The van der Waals surface area contributed by atoms with Crippen LogP contribution in [0.25, 0.3) is 0 Å². The topological polar surface area (TPSA) is 59.4 Å². The Morgan fingerprint density at radius 2 is 2.05 bits per heavy atom. The number of nitrogens with zero attached hydrogens (tertiary/aromatic N) is 1. The van der Waals surface area contributed by atoms with Gasteiger partial charge in [0.05, 0.1) is 5.56 Å². The Morgan fingerprint density at radius 1 is 1.27 bits per heavy atom. The first kappa shape index (κ1) is 14.4. The second-order valence-electron chi connectivity index (χ2n) is 4.91. The molecular formula is C15H10F3NO3. The molecule has 4 nitrogen and oxygen atoms in total. The van der Waals surface area contributed by atoms with Gasteiger partial charge in [-0.2, -0.15) is 13.2 Å². The molecule has 114 valence electrons. The van der Waals surface area contributed by atoms with E-state index in [1.807, 2.05) is 0 Å². The van der Waals surface area contributed by atoms with E-state index >= 15 is 0 Å². The first-order valence-electron chi connectivity index (χ1n) is 6.40. The third kappa shape index (κ3) is 2.61. The lowest BCUT2D eigenvalue weighted by molar-refractivity contribution is -0.137. The van der Waals surface area contributed by atoms with E-state index in [0.29, 0.717) is 16.9 Å². The third-order valence-electron chi connectivity index (χ3n) is 3.44. The van der Waals surface area contributed by atoms with Crippen molar-refractivity contribution in [2.75, 3.05) is 0 Å². The second kappa shape index (κ2) is 5.01. The molecular weight excluding hydrogens is 299 g/mol. The van der Waals surface area contributed by atoms with Gasteiger partial charge < -0.3 is 9.84 Å². The summed E-state index contributed by atoms with van der Waals surface area (Å²) >= 11 is 0. The Labute approximate surface area is 123 Å². The fourth-order valence-electron chi connectivity index (χ4n) is 2.37. The van der Waals surface area contributed by atoms with Crippen molar-refractivity contribution in [3.8, 4) is 5.75 Å². The monoisotopic (exact) mass is 309 g/mol. The number of aromatic carboxylic acids is 1. The standard InChI is InChI=1S/C15H10F3NO3/c16-15(17,18)10-1-2-12-9(5-10)7-13(22-12)8-3-4-19-11(6-8)14(20)21/h1-6,13H,7H2,(H,20,21). The maximum atomic E-state index is 12.7. The second-order valence-corrected chi connectivity index (χ2v) is 4.91. The zero-order chi connectivity index (χ0) is 15.9. The molecule has 1 N–H and O–H groups in total. The molecule has 2 heterocycles. The number of alkyl halides is 3. The number of carboxylic acid groups (broad SMARTS) is 1. The van der Waals surface area contributed by atoms with Crippen molar-refractivity contribution in [3.63, 3.8) is 0 Å². The molecule has 0 amide bonds. The van der Waals surface area contributed by atoms with E-state index in [4.69, 9.17) is 9.84 Å². The Hall–Kier alpha value is -2.57. The maximum absolute atomic E-state index is 12.7. The lowest BCUT2D eigenvalue weighted by Gasteiger charge is -2.11. The van der Waals surface area contributed by atoms with Crippen molar-refractivity contribution in [3.05, 3.63) is 58.9 Å². The van der Waals surface area contributed by atoms with Crippen LogP contribution >= 0.6 is 0 Å². The van der Waals surface area contributed by atoms with Crippen molar-refractivity contribution in [1.29, 1.82) is 0 Å². The summed E-state index contributed by atoms with van der Waals surface area (Å²) < 4.78 is 43.7. The van der Waals surface area contributed by atoms with Crippen molar-refractivity contribution < 1.29 is 27.8 Å². The van der Waals surface area contributed by atoms with Crippen LogP contribution in [0.15, 0.2) is 36.5 Å². The normalized spacial score (nSPS) is 17.0. The predicted octanol–water partition coefficient (Wildman–Crippen LogP) is 3.47. The Balaban J connectivity index is 1.88. The van der Waals surface area contributed by atoms with Gasteiger partial charge in [0, 0.05) is 12.6 Å². The molecule has 1 aromatic heterocycles. The van der Waals surface area contributed by atoms with Crippen molar-refractivity contribution >= 4 is 5.97 Å². The molecule has 1 atom stereocenters. The van der Waals surface area contributed by atoms with Crippen LogP contribution in [-0.4, -0.2) is 16.1 Å². The molecule has 7 heteroatoms. The molecule has 0 spiro atoms. The lowest BCUT2D eigenvalue weighted by atomic mass is 10.0. The number of hydrogen-bond acceptors (Lipinski definition) is 3. The molecule has 1 aliphatic heterocycles. The summed E-state index contributed by atoms with van der Waals surface area (Å²) in [6.45, 7) is 0. The summed E-state index contributed by atoms with van der Waals surface area (Å²) in [5.41, 5.74) is 0.162. The van der Waals surface area contributed by atoms with E-state index < -0.39 is 23.8 Å². The van der Waals surface area contributed by atoms with Crippen LogP contribution in [0.5, 0.6) is 5.75 Å². The number of rotatable bonds is 2. The van der Waals surface area contributed by atoms with E-state index in [1.165, 1.54) is 18.3 Å². The summed E-state index contributed by atoms with van der Waals surface area (Å²) in [6, 6.07) is 6.28. The Bertz CT molecular complexity index is 743. The van der Waals surface area contributed by atoms with Gasteiger partial charge in [0.1, 0.15) is 17.5 Å². The van der Waals surface area contributed by atoms with Crippen LogP contribution in [0.1, 0.15) is 33.3 Å². The van der Waals surface area contributed by atoms with Crippen LogP contribution in [0, 0.1) is 0 Å². The van der Waals surface area contributed by atoms with Gasteiger partial charge in [-0.15, -0.1) is 0 Å². The largest absolute Gasteiger partial charge is 0.485 e. The van der Waals surface area contributed by atoms with Gasteiger partial charge in [-0.3, -0.25) is 0 Å². The van der Waals surface area contributed by atoms with E-state index in [2.05, 4.69) is 4.98 Å². The molecule has 1 aliphatic rings. The van der Waals surface area contributed by atoms with Crippen LogP contribution in [0.3, 0.4) is 0 Å². The fraction of sp³-hybridized carbons (Fsp3) is 0.200. The third-order valence-corrected chi connectivity index (χ3v) is 3.44. The van der Waals surface area contributed by atoms with E-state index in [0.717, 1.165) is 12.1 Å². The zero-order valence-corrected chi connectivity index (χ0v) is 11.1. The van der Waals surface area contributed by atoms with Crippen LogP contribution < -0.4 is 4.74 Å². The summed E-state index contributed by atoms with van der Waals surface area (Å²) in [5.74, 6) is -0.789. The summed E-state index contributed by atoms with van der Waals surface area (Å²) in [4.78, 5) is 14.6. The van der Waals surface area contributed by atoms with Gasteiger partial charge in [0.25, 0.3) is 0 Å². The molecule has 22 heavy (non-hydrogen) atoms. The molecule has 0 fully saturated rings. The number of carbonyl (C=O) groups is 1. The van der Waals surface area contributed by atoms with Crippen molar-refractivity contribution in [1.82, 2.24) is 4.98 Å².